The first kappa shape index (κ1) is 8.08. The number of rotatable bonds is 0. The van der Waals surface area contributed by atoms with Crippen molar-refractivity contribution in [2.45, 2.75) is 12.2 Å². The Morgan fingerprint density at radius 3 is 3.00 bits per heavy atom. The van der Waals surface area contributed by atoms with Gasteiger partial charge >= 0.3 is 0 Å². The van der Waals surface area contributed by atoms with Crippen molar-refractivity contribution in [3.63, 3.8) is 0 Å². The molecule has 0 atom stereocenters. The number of hydrogen-bond donors (Lipinski definition) is 0. The number of ether oxygens (including phenoxy) is 2. The van der Waals surface area contributed by atoms with E-state index in [4.69, 9.17) is 9.47 Å². The predicted molar refractivity (Wildman–Crippen MR) is 49.4 cm³/mol. The normalized spacial score (nSPS) is 27.4. The van der Waals surface area contributed by atoms with Crippen molar-refractivity contribution < 1.29 is 9.47 Å². The van der Waals surface area contributed by atoms with Gasteiger partial charge in [0.2, 0.25) is 5.79 Å². The molecule has 0 saturated carbocycles. The Balaban J connectivity index is 2.03. The van der Waals surface area contributed by atoms with Crippen molar-refractivity contribution in [1.29, 1.82) is 0 Å². The maximum atomic E-state index is 5.56. The van der Waals surface area contributed by atoms with Crippen LogP contribution < -0.4 is 0 Å². The molecule has 1 aliphatic carbocycles. The molecule has 0 aromatic rings. The first-order valence-corrected chi connectivity index (χ1v) is 4.67. The zero-order valence-corrected chi connectivity index (χ0v) is 7.64. The third-order valence-corrected chi connectivity index (χ3v) is 2.47. The lowest BCUT2D eigenvalue weighted by Crippen LogP contribution is -2.24. The lowest BCUT2D eigenvalue weighted by molar-refractivity contribution is -0.0746. The van der Waals surface area contributed by atoms with Gasteiger partial charge in [-0.15, -0.1) is 0 Å². The van der Waals surface area contributed by atoms with Crippen molar-refractivity contribution >= 4 is 0 Å². The molecule has 1 spiro atoms. The number of azo groups is 1. The number of fused-ring (bicyclic) bond motifs is 1. The maximum Gasteiger partial charge on any atom is 0.210 e. The largest absolute Gasteiger partial charge is 0.341 e. The molecule has 0 amide bonds. The van der Waals surface area contributed by atoms with Gasteiger partial charge in [-0.1, -0.05) is 6.08 Å². The highest BCUT2D eigenvalue weighted by atomic mass is 16.7. The van der Waals surface area contributed by atoms with Gasteiger partial charge in [0, 0.05) is 11.6 Å². The topological polar surface area (TPSA) is 43.2 Å². The highest BCUT2D eigenvalue weighted by Crippen LogP contribution is 2.33. The molecular formula is C10H10N2O2. The molecule has 0 radical (unpaired) electrons. The van der Waals surface area contributed by atoms with E-state index in [0.717, 1.165) is 17.7 Å². The van der Waals surface area contributed by atoms with E-state index in [1.165, 1.54) is 0 Å². The summed E-state index contributed by atoms with van der Waals surface area (Å²) >= 11 is 0. The van der Waals surface area contributed by atoms with Crippen LogP contribution in [0.5, 0.6) is 0 Å². The predicted octanol–water partition coefficient (Wildman–Crippen LogP) is 1.92. The third kappa shape index (κ3) is 1.15. The van der Waals surface area contributed by atoms with Crippen molar-refractivity contribution in [3.8, 4) is 0 Å². The fraction of sp³-hybridized carbons (Fsp3) is 0.400. The van der Waals surface area contributed by atoms with E-state index in [2.05, 4.69) is 10.2 Å². The lowest BCUT2D eigenvalue weighted by atomic mass is 10.1. The van der Waals surface area contributed by atoms with E-state index in [-0.39, 0.29) is 0 Å². The van der Waals surface area contributed by atoms with Crippen LogP contribution in [0.15, 0.2) is 45.9 Å². The van der Waals surface area contributed by atoms with Crippen LogP contribution in [0.4, 0.5) is 0 Å². The summed E-state index contributed by atoms with van der Waals surface area (Å²) < 4.78 is 11.1. The molecular weight excluding hydrogens is 180 g/mol. The summed E-state index contributed by atoms with van der Waals surface area (Å²) in [6, 6.07) is 0. The van der Waals surface area contributed by atoms with Gasteiger partial charge < -0.3 is 9.47 Å². The Morgan fingerprint density at radius 2 is 2.14 bits per heavy atom. The first-order chi connectivity index (χ1) is 6.88. The van der Waals surface area contributed by atoms with Crippen molar-refractivity contribution in [2.24, 2.45) is 10.2 Å². The fourth-order valence-electron chi connectivity index (χ4n) is 1.78. The first-order valence-electron chi connectivity index (χ1n) is 4.67. The zero-order valence-electron chi connectivity index (χ0n) is 7.64. The molecule has 0 aromatic heterocycles. The van der Waals surface area contributed by atoms with Crippen LogP contribution >= 0.6 is 0 Å². The average molecular weight is 190 g/mol. The Labute approximate surface area is 81.6 Å². The second-order valence-corrected chi connectivity index (χ2v) is 3.42. The van der Waals surface area contributed by atoms with Gasteiger partial charge in [-0.3, -0.25) is 0 Å². The molecule has 4 nitrogen and oxygen atoms in total. The van der Waals surface area contributed by atoms with Crippen LogP contribution in [0.1, 0.15) is 6.42 Å². The van der Waals surface area contributed by atoms with Crippen LogP contribution in [-0.2, 0) is 9.47 Å². The van der Waals surface area contributed by atoms with Crippen molar-refractivity contribution in [2.75, 3.05) is 13.2 Å². The molecule has 0 aromatic carbocycles. The number of allylic oxidation sites excluding steroid dienone is 2. The Hall–Kier alpha value is -1.26. The summed E-state index contributed by atoms with van der Waals surface area (Å²) in [6.45, 7) is 1.26. The van der Waals surface area contributed by atoms with E-state index < -0.39 is 5.79 Å². The standard InChI is InChI=1S/C10H10N2O2/c1-2-8-7-11-12-9(8)6-10(3-1)13-4-5-14-10/h1,3,6-7H,2,4-5H2. The SMILES string of the molecule is C1=CC2(C=C3N=NC=C3C1)OCCO2. The lowest BCUT2D eigenvalue weighted by Gasteiger charge is -2.18. The van der Waals surface area contributed by atoms with E-state index in [1.807, 2.05) is 18.2 Å². The molecule has 2 heterocycles. The third-order valence-electron chi connectivity index (χ3n) is 2.47. The molecule has 0 N–H and O–H groups in total. The van der Waals surface area contributed by atoms with Crippen LogP contribution in [0.3, 0.4) is 0 Å². The molecule has 4 heteroatoms. The smallest absolute Gasteiger partial charge is 0.210 e. The highest BCUT2D eigenvalue weighted by Gasteiger charge is 2.34. The number of hydrogen-bond acceptors (Lipinski definition) is 4. The fourth-order valence-corrected chi connectivity index (χ4v) is 1.78. The highest BCUT2D eigenvalue weighted by molar-refractivity contribution is 5.39. The monoisotopic (exact) mass is 190 g/mol. The molecule has 0 bridgehead atoms. The van der Waals surface area contributed by atoms with Crippen LogP contribution in [-0.4, -0.2) is 19.0 Å². The van der Waals surface area contributed by atoms with Crippen LogP contribution in [0.25, 0.3) is 0 Å². The van der Waals surface area contributed by atoms with Crippen molar-refractivity contribution in [1.82, 2.24) is 0 Å². The van der Waals surface area contributed by atoms with Crippen LogP contribution in [0.2, 0.25) is 0 Å². The van der Waals surface area contributed by atoms with E-state index in [9.17, 15) is 0 Å². The Morgan fingerprint density at radius 1 is 1.29 bits per heavy atom. The van der Waals surface area contributed by atoms with Crippen molar-refractivity contribution in [3.05, 3.63) is 35.7 Å². The summed E-state index contributed by atoms with van der Waals surface area (Å²) in [7, 11) is 0. The maximum absolute atomic E-state index is 5.56. The van der Waals surface area contributed by atoms with Gasteiger partial charge in [-0.25, -0.2) is 0 Å². The summed E-state index contributed by atoms with van der Waals surface area (Å²) in [5.41, 5.74) is 1.99. The van der Waals surface area contributed by atoms with Gasteiger partial charge in [-0.05, 0) is 12.5 Å². The molecule has 2 aliphatic heterocycles. The molecule has 1 saturated heterocycles. The van der Waals surface area contributed by atoms with Crippen LogP contribution in [0, 0.1) is 0 Å². The van der Waals surface area contributed by atoms with Gasteiger partial charge in [-0.2, -0.15) is 10.2 Å². The molecule has 72 valence electrons. The van der Waals surface area contributed by atoms with E-state index in [0.29, 0.717) is 13.2 Å². The second-order valence-electron chi connectivity index (χ2n) is 3.42. The number of nitrogens with zero attached hydrogens (tertiary/aromatic N) is 2. The van der Waals surface area contributed by atoms with Gasteiger partial charge in [0.05, 0.1) is 25.1 Å². The zero-order chi connectivity index (χ0) is 9.43. The van der Waals surface area contributed by atoms with E-state index in [1.54, 1.807) is 6.20 Å². The van der Waals surface area contributed by atoms with E-state index >= 15 is 0 Å². The minimum atomic E-state index is -0.686. The molecule has 3 aliphatic rings. The minimum Gasteiger partial charge on any atom is -0.341 e. The molecule has 3 rings (SSSR count). The quantitative estimate of drug-likeness (QED) is 0.548. The summed E-state index contributed by atoms with van der Waals surface area (Å²) in [5.74, 6) is -0.686. The van der Waals surface area contributed by atoms with Gasteiger partial charge in [0.15, 0.2) is 0 Å². The Bertz CT molecular complexity index is 374. The molecule has 1 fully saturated rings. The van der Waals surface area contributed by atoms with Gasteiger partial charge in [0.1, 0.15) is 0 Å². The minimum absolute atomic E-state index is 0.629. The molecule has 14 heavy (non-hydrogen) atoms. The summed E-state index contributed by atoms with van der Waals surface area (Å²) in [6.07, 6.45) is 8.50. The Kier molecular flexibility index (Phi) is 1.65. The summed E-state index contributed by atoms with van der Waals surface area (Å²) in [4.78, 5) is 0. The summed E-state index contributed by atoms with van der Waals surface area (Å²) in [5, 5.41) is 7.90. The molecule has 0 unspecified atom stereocenters. The average Bonchev–Trinajstić information content (AvgIpc) is 2.75. The second kappa shape index (κ2) is 2.87. The van der Waals surface area contributed by atoms with Gasteiger partial charge in [0.25, 0.3) is 0 Å².